The second-order valence-corrected chi connectivity index (χ2v) is 3.76. The van der Waals surface area contributed by atoms with Crippen LogP contribution in [0.25, 0.3) is 0 Å². The summed E-state index contributed by atoms with van der Waals surface area (Å²) in [4.78, 5) is 24.3. The maximum Gasteiger partial charge on any atom is 0.323 e. The Morgan fingerprint density at radius 2 is 2.41 bits per heavy atom. The van der Waals surface area contributed by atoms with Crippen LogP contribution in [0.15, 0.2) is 0 Å². The molecule has 1 saturated heterocycles. The topological polar surface area (TPSA) is 78.9 Å². The van der Waals surface area contributed by atoms with Crippen LogP contribution >= 0.6 is 0 Å². The summed E-state index contributed by atoms with van der Waals surface area (Å²) in [5, 5.41) is 11.6. The molecule has 1 fully saturated rings. The summed E-state index contributed by atoms with van der Waals surface area (Å²) in [7, 11) is 0. The van der Waals surface area contributed by atoms with Crippen LogP contribution < -0.4 is 5.32 Å². The van der Waals surface area contributed by atoms with E-state index in [2.05, 4.69) is 11.2 Å². The second-order valence-electron chi connectivity index (χ2n) is 3.76. The van der Waals surface area contributed by atoms with Crippen LogP contribution in [0.1, 0.15) is 6.92 Å². The van der Waals surface area contributed by atoms with Crippen molar-refractivity contribution >= 4 is 11.9 Å². The van der Waals surface area contributed by atoms with Crippen molar-refractivity contribution in [3.8, 4) is 12.3 Å². The number of aliphatic carboxylic acids is 1. The Kier molecular flexibility index (Phi) is 4.94. The minimum absolute atomic E-state index is 0.0993. The molecule has 0 aromatic carbocycles. The number of amides is 1. The van der Waals surface area contributed by atoms with Gasteiger partial charge in [-0.3, -0.25) is 14.5 Å². The second kappa shape index (κ2) is 6.23. The molecule has 0 saturated carbocycles. The molecule has 0 aromatic rings. The number of carboxylic acid groups (broad SMARTS) is 1. The Bertz CT molecular complexity index is 337. The third-order valence-corrected chi connectivity index (χ3v) is 2.70. The van der Waals surface area contributed by atoms with Crippen molar-refractivity contribution in [3.05, 3.63) is 0 Å². The Hall–Kier alpha value is -1.58. The maximum atomic E-state index is 11.7. The molecule has 1 rings (SSSR count). The molecule has 0 spiro atoms. The lowest BCUT2D eigenvalue weighted by Crippen LogP contribution is -2.57. The predicted molar refractivity (Wildman–Crippen MR) is 60.3 cm³/mol. The van der Waals surface area contributed by atoms with Crippen LogP contribution in [0, 0.1) is 12.3 Å². The van der Waals surface area contributed by atoms with Gasteiger partial charge in [-0.25, -0.2) is 0 Å². The van der Waals surface area contributed by atoms with E-state index in [1.165, 1.54) is 0 Å². The van der Waals surface area contributed by atoms with Gasteiger partial charge in [0.25, 0.3) is 0 Å². The standard InChI is InChI=1S/C11H16N2O4/c1-3-4-12-10(14)8(2)13-5-6-17-7-9(13)11(15)16/h1,8-9H,4-7H2,2H3,(H,12,14)(H,15,16). The zero-order valence-corrected chi connectivity index (χ0v) is 9.68. The highest BCUT2D eigenvalue weighted by Crippen LogP contribution is 2.11. The fourth-order valence-corrected chi connectivity index (χ4v) is 1.73. The van der Waals surface area contributed by atoms with E-state index in [1.54, 1.807) is 11.8 Å². The fraction of sp³-hybridized carbons (Fsp3) is 0.636. The van der Waals surface area contributed by atoms with E-state index < -0.39 is 18.1 Å². The molecule has 2 unspecified atom stereocenters. The van der Waals surface area contributed by atoms with Gasteiger partial charge in [0.05, 0.1) is 25.8 Å². The van der Waals surface area contributed by atoms with E-state index in [1.807, 2.05) is 0 Å². The number of nitrogens with zero attached hydrogens (tertiary/aromatic N) is 1. The molecule has 17 heavy (non-hydrogen) atoms. The molecule has 6 heteroatoms. The molecule has 0 aromatic heterocycles. The average molecular weight is 240 g/mol. The SMILES string of the molecule is C#CCNC(=O)C(C)N1CCOCC1C(=O)O. The number of carbonyl (C=O) groups is 2. The fourth-order valence-electron chi connectivity index (χ4n) is 1.73. The molecule has 1 aliphatic rings. The van der Waals surface area contributed by atoms with Gasteiger partial charge in [-0.1, -0.05) is 5.92 Å². The number of carbonyl (C=O) groups excluding carboxylic acids is 1. The Morgan fingerprint density at radius 3 is 3.00 bits per heavy atom. The van der Waals surface area contributed by atoms with Crippen molar-refractivity contribution in [2.24, 2.45) is 0 Å². The molecular formula is C11H16N2O4. The molecule has 0 bridgehead atoms. The summed E-state index contributed by atoms with van der Waals surface area (Å²) in [5.41, 5.74) is 0. The van der Waals surface area contributed by atoms with Gasteiger partial charge < -0.3 is 15.2 Å². The van der Waals surface area contributed by atoms with E-state index in [0.717, 1.165) is 0 Å². The quantitative estimate of drug-likeness (QED) is 0.610. The van der Waals surface area contributed by atoms with Crippen LogP contribution in [-0.4, -0.2) is 60.3 Å². The van der Waals surface area contributed by atoms with Crippen LogP contribution in [0.5, 0.6) is 0 Å². The van der Waals surface area contributed by atoms with Gasteiger partial charge in [0.2, 0.25) is 5.91 Å². The number of carboxylic acids is 1. The molecule has 2 atom stereocenters. The lowest BCUT2D eigenvalue weighted by molar-refractivity contribution is -0.153. The zero-order valence-electron chi connectivity index (χ0n) is 9.68. The number of rotatable bonds is 4. The van der Waals surface area contributed by atoms with Crippen molar-refractivity contribution in [1.82, 2.24) is 10.2 Å². The summed E-state index contributed by atoms with van der Waals surface area (Å²) in [6.45, 7) is 2.75. The monoisotopic (exact) mass is 240 g/mol. The van der Waals surface area contributed by atoms with E-state index in [4.69, 9.17) is 16.3 Å². The van der Waals surface area contributed by atoms with Crippen LogP contribution in [0.3, 0.4) is 0 Å². The summed E-state index contributed by atoms with van der Waals surface area (Å²) in [6, 6.07) is -1.32. The third-order valence-electron chi connectivity index (χ3n) is 2.70. The first-order valence-corrected chi connectivity index (χ1v) is 5.35. The predicted octanol–water partition coefficient (Wildman–Crippen LogP) is -1.09. The van der Waals surface area contributed by atoms with Crippen molar-refractivity contribution in [1.29, 1.82) is 0 Å². The van der Waals surface area contributed by atoms with Gasteiger partial charge in [0.15, 0.2) is 0 Å². The third kappa shape index (κ3) is 3.44. The molecule has 1 heterocycles. The van der Waals surface area contributed by atoms with Crippen molar-refractivity contribution in [2.45, 2.75) is 19.0 Å². The van der Waals surface area contributed by atoms with E-state index in [-0.39, 0.29) is 19.1 Å². The van der Waals surface area contributed by atoms with Gasteiger partial charge in [0, 0.05) is 6.54 Å². The lowest BCUT2D eigenvalue weighted by atomic mass is 10.1. The Morgan fingerprint density at radius 1 is 1.71 bits per heavy atom. The smallest absolute Gasteiger partial charge is 0.323 e. The highest BCUT2D eigenvalue weighted by Gasteiger charge is 2.34. The molecule has 94 valence electrons. The van der Waals surface area contributed by atoms with Crippen LogP contribution in [-0.2, 0) is 14.3 Å². The van der Waals surface area contributed by atoms with Crippen molar-refractivity contribution < 1.29 is 19.4 Å². The first-order valence-electron chi connectivity index (χ1n) is 5.35. The number of nitrogens with one attached hydrogen (secondary N) is 1. The normalized spacial score (nSPS) is 22.5. The Labute approximate surface area is 99.9 Å². The summed E-state index contributed by atoms with van der Waals surface area (Å²) < 4.78 is 5.10. The van der Waals surface area contributed by atoms with Crippen molar-refractivity contribution in [2.75, 3.05) is 26.3 Å². The minimum Gasteiger partial charge on any atom is -0.480 e. The highest BCUT2D eigenvalue weighted by atomic mass is 16.5. The van der Waals surface area contributed by atoms with Crippen molar-refractivity contribution in [3.63, 3.8) is 0 Å². The first-order chi connectivity index (χ1) is 8.07. The molecule has 0 radical (unpaired) electrons. The maximum absolute atomic E-state index is 11.7. The summed E-state index contributed by atoms with van der Waals surface area (Å²) >= 11 is 0. The van der Waals surface area contributed by atoms with Gasteiger partial charge in [-0.2, -0.15) is 0 Å². The van der Waals surface area contributed by atoms with Crippen LogP contribution in [0.4, 0.5) is 0 Å². The first kappa shape index (κ1) is 13.5. The van der Waals surface area contributed by atoms with E-state index in [0.29, 0.717) is 13.2 Å². The van der Waals surface area contributed by atoms with Crippen LogP contribution in [0.2, 0.25) is 0 Å². The molecule has 6 nitrogen and oxygen atoms in total. The van der Waals surface area contributed by atoms with Gasteiger partial charge in [-0.15, -0.1) is 6.42 Å². The Balaban J connectivity index is 2.64. The number of morpholine rings is 1. The molecule has 0 aliphatic carbocycles. The molecule has 2 N–H and O–H groups in total. The number of ether oxygens (including phenoxy) is 1. The number of hydrogen-bond acceptors (Lipinski definition) is 4. The molecule has 1 amide bonds. The van der Waals surface area contributed by atoms with E-state index in [9.17, 15) is 9.59 Å². The lowest BCUT2D eigenvalue weighted by Gasteiger charge is -2.36. The largest absolute Gasteiger partial charge is 0.480 e. The number of terminal acetylenes is 1. The highest BCUT2D eigenvalue weighted by molar-refractivity contribution is 5.83. The van der Waals surface area contributed by atoms with Gasteiger partial charge >= 0.3 is 5.97 Å². The van der Waals surface area contributed by atoms with Gasteiger partial charge in [-0.05, 0) is 6.92 Å². The summed E-state index contributed by atoms with van der Waals surface area (Å²) in [5.74, 6) is 1.05. The molecule has 1 aliphatic heterocycles. The molecular weight excluding hydrogens is 224 g/mol. The minimum atomic E-state index is -0.985. The zero-order chi connectivity index (χ0) is 12.8. The number of hydrogen-bond donors (Lipinski definition) is 2. The average Bonchev–Trinajstić information content (AvgIpc) is 2.34. The van der Waals surface area contributed by atoms with Gasteiger partial charge in [0.1, 0.15) is 6.04 Å². The summed E-state index contributed by atoms with van der Waals surface area (Å²) in [6.07, 6.45) is 5.04. The van der Waals surface area contributed by atoms with E-state index >= 15 is 0 Å².